The van der Waals surface area contributed by atoms with Crippen LogP contribution in [0, 0.1) is 0 Å². The van der Waals surface area contributed by atoms with Gasteiger partial charge >= 0.3 is 6.18 Å². The van der Waals surface area contributed by atoms with Crippen LogP contribution in [0.2, 0.25) is 0 Å². The quantitative estimate of drug-likeness (QED) is 0.859. The Kier molecular flexibility index (Phi) is 4.50. The summed E-state index contributed by atoms with van der Waals surface area (Å²) < 4.78 is 37.1. The van der Waals surface area contributed by atoms with Crippen molar-refractivity contribution in [3.8, 4) is 0 Å². The molecule has 1 aromatic heterocycles. The maximum absolute atomic E-state index is 12.4. The van der Waals surface area contributed by atoms with E-state index in [1.54, 1.807) is 11.9 Å². The average molecular weight is 277 g/mol. The van der Waals surface area contributed by atoms with Gasteiger partial charge in [0.25, 0.3) is 0 Å². The highest BCUT2D eigenvalue weighted by atomic mass is 32.1. The van der Waals surface area contributed by atoms with Gasteiger partial charge in [-0.05, 0) is 19.1 Å². The highest BCUT2D eigenvalue weighted by Crippen LogP contribution is 2.29. The molecule has 0 aromatic carbocycles. The number of nitrogens with two attached hydrogens (primary N) is 1. The van der Waals surface area contributed by atoms with Crippen molar-refractivity contribution in [1.29, 1.82) is 0 Å². The maximum atomic E-state index is 12.4. The van der Waals surface area contributed by atoms with E-state index in [1.807, 2.05) is 6.92 Å². The molecule has 0 saturated carbocycles. The molecular formula is C11H14F3N3S. The number of anilines is 1. The predicted molar refractivity (Wildman–Crippen MR) is 68.5 cm³/mol. The number of hydrogen-bond acceptors (Lipinski definition) is 3. The summed E-state index contributed by atoms with van der Waals surface area (Å²) in [5.74, 6) is 0.451. The molecule has 1 rings (SSSR count). The maximum Gasteiger partial charge on any atom is 0.417 e. The van der Waals surface area contributed by atoms with Gasteiger partial charge in [-0.15, -0.1) is 0 Å². The van der Waals surface area contributed by atoms with E-state index in [1.165, 1.54) is 6.07 Å². The minimum atomic E-state index is -4.37. The number of aromatic nitrogens is 1. The summed E-state index contributed by atoms with van der Waals surface area (Å²) in [6, 6.07) is 2.32. The number of halogens is 3. The van der Waals surface area contributed by atoms with Crippen LogP contribution in [-0.4, -0.2) is 23.1 Å². The molecule has 0 aliphatic carbocycles. The molecule has 0 bridgehead atoms. The third-order valence-corrected chi connectivity index (χ3v) is 2.76. The van der Waals surface area contributed by atoms with E-state index in [9.17, 15) is 13.2 Å². The van der Waals surface area contributed by atoms with Gasteiger partial charge in [-0.2, -0.15) is 13.2 Å². The molecule has 0 fully saturated rings. The molecule has 0 saturated heterocycles. The van der Waals surface area contributed by atoms with Crippen molar-refractivity contribution in [2.24, 2.45) is 5.73 Å². The number of pyridine rings is 1. The first-order valence-electron chi connectivity index (χ1n) is 5.26. The lowest BCUT2D eigenvalue weighted by Gasteiger charge is -2.25. The van der Waals surface area contributed by atoms with E-state index in [-0.39, 0.29) is 6.04 Å². The number of hydrogen-bond donors (Lipinski definition) is 1. The molecule has 0 aliphatic rings. The third-order valence-electron chi connectivity index (χ3n) is 2.59. The first-order chi connectivity index (χ1) is 8.21. The molecule has 7 heteroatoms. The van der Waals surface area contributed by atoms with Gasteiger partial charge in [-0.1, -0.05) is 12.2 Å². The zero-order valence-electron chi connectivity index (χ0n) is 10.0. The summed E-state index contributed by atoms with van der Waals surface area (Å²) in [4.78, 5) is 5.89. The summed E-state index contributed by atoms with van der Waals surface area (Å²) in [5, 5.41) is 0. The first-order valence-corrected chi connectivity index (χ1v) is 5.67. The van der Waals surface area contributed by atoms with E-state index < -0.39 is 11.7 Å². The van der Waals surface area contributed by atoms with Gasteiger partial charge < -0.3 is 10.6 Å². The number of rotatable bonds is 4. The summed E-state index contributed by atoms with van der Waals surface area (Å²) in [6.07, 6.45) is -3.07. The van der Waals surface area contributed by atoms with Crippen LogP contribution in [-0.2, 0) is 6.18 Å². The molecule has 2 N–H and O–H groups in total. The molecule has 0 aliphatic heterocycles. The summed E-state index contributed by atoms with van der Waals surface area (Å²) in [5.41, 5.74) is 4.66. The molecule has 100 valence electrons. The Balaban J connectivity index is 2.82. The van der Waals surface area contributed by atoms with Gasteiger partial charge in [-0.25, -0.2) is 4.98 Å². The molecule has 1 unspecified atom stereocenters. The van der Waals surface area contributed by atoms with Crippen molar-refractivity contribution in [3.05, 3.63) is 23.9 Å². The van der Waals surface area contributed by atoms with Crippen molar-refractivity contribution in [2.75, 3.05) is 11.9 Å². The summed E-state index contributed by atoms with van der Waals surface area (Å²) >= 11 is 4.79. The zero-order chi connectivity index (χ0) is 13.9. The second-order valence-corrected chi connectivity index (χ2v) is 4.56. The fourth-order valence-electron chi connectivity index (χ4n) is 1.42. The lowest BCUT2D eigenvalue weighted by molar-refractivity contribution is -0.137. The third kappa shape index (κ3) is 3.83. The Hall–Kier alpha value is -1.37. The molecule has 1 heterocycles. The summed E-state index contributed by atoms with van der Waals surface area (Å²) in [6.45, 7) is 1.87. The van der Waals surface area contributed by atoms with Crippen molar-refractivity contribution in [3.63, 3.8) is 0 Å². The second-order valence-electron chi connectivity index (χ2n) is 4.03. The smallest absolute Gasteiger partial charge is 0.393 e. The minimum absolute atomic E-state index is 0.0215. The number of thiocarbonyl (C=S) groups is 1. The number of nitrogens with zero attached hydrogens (tertiary/aromatic N) is 2. The van der Waals surface area contributed by atoms with Crippen molar-refractivity contribution in [2.45, 2.75) is 25.6 Å². The van der Waals surface area contributed by atoms with E-state index in [4.69, 9.17) is 18.0 Å². The van der Waals surface area contributed by atoms with E-state index >= 15 is 0 Å². The van der Waals surface area contributed by atoms with Crippen LogP contribution in [0.3, 0.4) is 0 Å². The van der Waals surface area contributed by atoms with Gasteiger partial charge in [0.05, 0.1) is 10.6 Å². The normalized spacial score (nSPS) is 13.2. The molecule has 18 heavy (non-hydrogen) atoms. The fourth-order valence-corrected chi connectivity index (χ4v) is 1.66. The van der Waals surface area contributed by atoms with E-state index in [0.717, 1.165) is 12.3 Å². The van der Waals surface area contributed by atoms with Crippen LogP contribution in [0.15, 0.2) is 18.3 Å². The highest BCUT2D eigenvalue weighted by Gasteiger charge is 2.30. The molecule has 3 nitrogen and oxygen atoms in total. The predicted octanol–water partition coefficient (Wildman–Crippen LogP) is 2.60. The van der Waals surface area contributed by atoms with Crippen LogP contribution in [0.1, 0.15) is 18.9 Å². The molecule has 0 amide bonds. The van der Waals surface area contributed by atoms with Crippen molar-refractivity contribution < 1.29 is 13.2 Å². The van der Waals surface area contributed by atoms with Crippen LogP contribution >= 0.6 is 12.2 Å². The standard InChI is InChI=1S/C11H14F3N3S/c1-7(5-9(15)18)17(2)10-4-3-8(6-16-10)11(12,13)14/h3-4,6-7H,5H2,1-2H3,(H2,15,18). The first kappa shape index (κ1) is 14.7. The fraction of sp³-hybridized carbons (Fsp3) is 0.455. The van der Waals surface area contributed by atoms with Crippen LogP contribution in [0.25, 0.3) is 0 Å². The summed E-state index contributed by atoms with van der Waals surface area (Å²) in [7, 11) is 1.73. The largest absolute Gasteiger partial charge is 0.417 e. The van der Waals surface area contributed by atoms with Crippen LogP contribution < -0.4 is 10.6 Å². The van der Waals surface area contributed by atoms with Crippen molar-refractivity contribution >= 4 is 23.0 Å². The van der Waals surface area contributed by atoms with Crippen molar-refractivity contribution in [1.82, 2.24) is 4.98 Å². The molecule has 1 atom stereocenters. The molecule has 0 spiro atoms. The van der Waals surface area contributed by atoms with Crippen LogP contribution in [0.5, 0.6) is 0 Å². The zero-order valence-corrected chi connectivity index (χ0v) is 10.8. The Morgan fingerprint density at radius 3 is 2.50 bits per heavy atom. The lowest BCUT2D eigenvalue weighted by atomic mass is 10.2. The molecular weight excluding hydrogens is 263 g/mol. The topological polar surface area (TPSA) is 42.1 Å². The van der Waals surface area contributed by atoms with Gasteiger partial charge in [0, 0.05) is 25.7 Å². The van der Waals surface area contributed by atoms with E-state index in [2.05, 4.69) is 4.98 Å². The van der Waals surface area contributed by atoms with Gasteiger partial charge in [0.1, 0.15) is 5.82 Å². The van der Waals surface area contributed by atoms with Gasteiger partial charge in [-0.3, -0.25) is 0 Å². The van der Waals surface area contributed by atoms with Crippen LogP contribution in [0.4, 0.5) is 19.0 Å². The number of alkyl halides is 3. The Labute approximate surface area is 109 Å². The Morgan fingerprint density at radius 1 is 1.50 bits per heavy atom. The SMILES string of the molecule is CC(CC(N)=S)N(C)c1ccc(C(F)(F)F)cn1. The Morgan fingerprint density at radius 2 is 2.11 bits per heavy atom. The van der Waals surface area contributed by atoms with E-state index in [0.29, 0.717) is 17.2 Å². The Bertz CT molecular complexity index is 417. The second kappa shape index (κ2) is 5.51. The highest BCUT2D eigenvalue weighted by molar-refractivity contribution is 7.80. The van der Waals surface area contributed by atoms with Gasteiger partial charge in [0.15, 0.2) is 0 Å². The lowest BCUT2D eigenvalue weighted by Crippen LogP contribution is -2.33. The minimum Gasteiger partial charge on any atom is -0.393 e. The molecule has 1 aromatic rings. The monoisotopic (exact) mass is 277 g/mol. The molecule has 0 radical (unpaired) electrons. The average Bonchev–Trinajstić information content (AvgIpc) is 2.26. The van der Waals surface area contributed by atoms with Gasteiger partial charge in [0.2, 0.25) is 0 Å².